The molecule has 112 valence electrons. The van der Waals surface area contributed by atoms with Crippen molar-refractivity contribution in [2.75, 3.05) is 5.32 Å². The Balaban J connectivity index is 1.55. The Bertz CT molecular complexity index is 750. The summed E-state index contributed by atoms with van der Waals surface area (Å²) in [6.45, 7) is 2.42. The average molecular weight is 330 g/mol. The quantitative estimate of drug-likeness (QED) is 0.762. The molecule has 0 bridgehead atoms. The number of carbonyl (C=O) groups is 1. The molecular formula is C15H14N4OS2. The first-order valence-corrected chi connectivity index (χ1v) is 8.36. The Labute approximate surface area is 136 Å². The van der Waals surface area contributed by atoms with Gasteiger partial charge in [-0.25, -0.2) is 14.8 Å². The van der Waals surface area contributed by atoms with E-state index >= 15 is 0 Å². The normalized spacial score (nSPS) is 10.4. The number of nitrogens with zero attached hydrogens (tertiary/aromatic N) is 2. The zero-order valence-corrected chi connectivity index (χ0v) is 13.5. The molecule has 0 aliphatic carbocycles. The van der Waals surface area contributed by atoms with E-state index in [2.05, 4.69) is 20.6 Å². The Morgan fingerprint density at radius 2 is 2.05 bits per heavy atom. The maximum atomic E-state index is 11.9. The zero-order valence-electron chi connectivity index (χ0n) is 11.9. The second-order valence-electron chi connectivity index (χ2n) is 4.57. The van der Waals surface area contributed by atoms with Gasteiger partial charge in [-0.2, -0.15) is 0 Å². The number of hydrogen-bond donors (Lipinski definition) is 2. The summed E-state index contributed by atoms with van der Waals surface area (Å²) in [7, 11) is 0. The second-order valence-corrected chi connectivity index (χ2v) is 6.78. The Morgan fingerprint density at radius 3 is 2.68 bits per heavy atom. The predicted molar refractivity (Wildman–Crippen MR) is 90.3 cm³/mol. The molecule has 0 spiro atoms. The van der Waals surface area contributed by atoms with E-state index in [1.54, 1.807) is 35.1 Å². The molecule has 2 heterocycles. The number of urea groups is 1. The van der Waals surface area contributed by atoms with E-state index in [1.165, 1.54) is 0 Å². The summed E-state index contributed by atoms with van der Waals surface area (Å²) in [6, 6.07) is 7.40. The van der Waals surface area contributed by atoms with Crippen LogP contribution in [0.3, 0.4) is 0 Å². The number of benzene rings is 1. The number of thiazole rings is 2. The fourth-order valence-corrected chi connectivity index (χ4v) is 3.27. The molecule has 0 fully saturated rings. The molecule has 1 aromatic carbocycles. The predicted octanol–water partition coefficient (Wildman–Crippen LogP) is 3.90. The molecular weight excluding hydrogens is 316 g/mol. The largest absolute Gasteiger partial charge is 0.333 e. The van der Waals surface area contributed by atoms with Crippen LogP contribution < -0.4 is 10.6 Å². The maximum absolute atomic E-state index is 11.9. The van der Waals surface area contributed by atoms with Gasteiger partial charge in [0.2, 0.25) is 0 Å². The van der Waals surface area contributed by atoms with Gasteiger partial charge in [-0.3, -0.25) is 0 Å². The SMILES string of the molecule is Cc1ncc(CNC(=O)Nc2ccc(-c3nccs3)cc2)s1. The molecule has 2 aromatic heterocycles. The number of rotatable bonds is 4. The molecule has 0 saturated carbocycles. The summed E-state index contributed by atoms with van der Waals surface area (Å²) in [6.07, 6.45) is 3.56. The molecule has 7 heteroatoms. The van der Waals surface area contributed by atoms with Crippen molar-refractivity contribution >= 4 is 34.4 Å². The van der Waals surface area contributed by atoms with Crippen LogP contribution in [0.1, 0.15) is 9.88 Å². The molecule has 2 amide bonds. The molecule has 0 aliphatic heterocycles. The highest BCUT2D eigenvalue weighted by atomic mass is 32.1. The summed E-state index contributed by atoms with van der Waals surface area (Å²) in [4.78, 5) is 21.3. The maximum Gasteiger partial charge on any atom is 0.319 e. The highest BCUT2D eigenvalue weighted by Crippen LogP contribution is 2.23. The van der Waals surface area contributed by atoms with Crippen molar-refractivity contribution in [3.05, 3.63) is 51.9 Å². The summed E-state index contributed by atoms with van der Waals surface area (Å²) in [5, 5.41) is 9.53. The van der Waals surface area contributed by atoms with Gasteiger partial charge in [0.1, 0.15) is 5.01 Å². The van der Waals surface area contributed by atoms with Crippen LogP contribution in [-0.4, -0.2) is 16.0 Å². The van der Waals surface area contributed by atoms with Gasteiger partial charge < -0.3 is 10.6 Å². The third kappa shape index (κ3) is 3.69. The minimum absolute atomic E-state index is 0.229. The number of hydrogen-bond acceptors (Lipinski definition) is 5. The van der Waals surface area contributed by atoms with Gasteiger partial charge in [0.05, 0.1) is 11.6 Å². The molecule has 0 radical (unpaired) electrons. The molecule has 2 N–H and O–H groups in total. The second kappa shape index (κ2) is 6.67. The summed E-state index contributed by atoms with van der Waals surface area (Å²) in [5.74, 6) is 0. The third-order valence-electron chi connectivity index (χ3n) is 2.91. The molecule has 3 aromatic rings. The Morgan fingerprint density at radius 1 is 1.23 bits per heavy atom. The fraction of sp³-hybridized carbons (Fsp3) is 0.133. The number of anilines is 1. The van der Waals surface area contributed by atoms with Crippen molar-refractivity contribution in [3.63, 3.8) is 0 Å². The van der Waals surface area contributed by atoms with E-state index in [4.69, 9.17) is 0 Å². The Hall–Kier alpha value is -2.25. The average Bonchev–Trinajstić information content (AvgIpc) is 3.17. The number of nitrogens with one attached hydrogen (secondary N) is 2. The third-order valence-corrected chi connectivity index (χ3v) is 4.65. The monoisotopic (exact) mass is 330 g/mol. The van der Waals surface area contributed by atoms with E-state index in [1.807, 2.05) is 36.6 Å². The van der Waals surface area contributed by atoms with Crippen molar-refractivity contribution in [2.24, 2.45) is 0 Å². The highest BCUT2D eigenvalue weighted by molar-refractivity contribution is 7.13. The number of carbonyl (C=O) groups excluding carboxylic acids is 1. The topological polar surface area (TPSA) is 66.9 Å². The van der Waals surface area contributed by atoms with Crippen LogP contribution >= 0.6 is 22.7 Å². The standard InChI is InChI=1S/C15H14N4OS2/c1-10-17-8-13(22-10)9-18-15(20)19-12-4-2-11(3-5-12)14-16-6-7-21-14/h2-8H,9H2,1H3,(H2,18,19,20). The van der Waals surface area contributed by atoms with E-state index in [9.17, 15) is 4.79 Å². The lowest BCUT2D eigenvalue weighted by Crippen LogP contribution is -2.27. The molecule has 0 atom stereocenters. The minimum Gasteiger partial charge on any atom is -0.333 e. The first-order chi connectivity index (χ1) is 10.7. The van der Waals surface area contributed by atoms with Crippen LogP contribution in [0.5, 0.6) is 0 Å². The van der Waals surface area contributed by atoms with E-state index in [-0.39, 0.29) is 6.03 Å². The van der Waals surface area contributed by atoms with E-state index in [0.717, 1.165) is 26.1 Å². The first kappa shape index (κ1) is 14.7. The van der Waals surface area contributed by atoms with Crippen LogP contribution in [0.4, 0.5) is 10.5 Å². The molecule has 3 rings (SSSR count). The van der Waals surface area contributed by atoms with E-state index < -0.39 is 0 Å². The van der Waals surface area contributed by atoms with E-state index in [0.29, 0.717) is 6.54 Å². The van der Waals surface area contributed by atoms with Gasteiger partial charge in [-0.15, -0.1) is 22.7 Å². The number of aryl methyl sites for hydroxylation is 1. The van der Waals surface area contributed by atoms with Crippen LogP contribution in [0.2, 0.25) is 0 Å². The van der Waals surface area contributed by atoms with Gasteiger partial charge in [-0.05, 0) is 31.2 Å². The van der Waals surface area contributed by atoms with Gasteiger partial charge in [-0.1, -0.05) is 0 Å². The van der Waals surface area contributed by atoms with Crippen LogP contribution in [0.15, 0.2) is 42.0 Å². The van der Waals surface area contributed by atoms with Crippen LogP contribution in [0, 0.1) is 6.92 Å². The van der Waals surface area contributed by atoms with Crippen LogP contribution in [-0.2, 0) is 6.54 Å². The lowest BCUT2D eigenvalue weighted by molar-refractivity contribution is 0.252. The van der Waals surface area contributed by atoms with Gasteiger partial charge in [0, 0.05) is 33.9 Å². The highest BCUT2D eigenvalue weighted by Gasteiger charge is 2.05. The van der Waals surface area contributed by atoms with Gasteiger partial charge >= 0.3 is 6.03 Å². The lowest BCUT2D eigenvalue weighted by atomic mass is 10.2. The Kier molecular flexibility index (Phi) is 4.45. The van der Waals surface area contributed by atoms with Crippen molar-refractivity contribution in [2.45, 2.75) is 13.5 Å². The summed E-state index contributed by atoms with van der Waals surface area (Å²) < 4.78 is 0. The molecule has 22 heavy (non-hydrogen) atoms. The van der Waals surface area contributed by atoms with Crippen molar-refractivity contribution in [1.29, 1.82) is 0 Å². The first-order valence-electron chi connectivity index (χ1n) is 6.67. The van der Waals surface area contributed by atoms with Crippen molar-refractivity contribution in [1.82, 2.24) is 15.3 Å². The summed E-state index contributed by atoms with van der Waals surface area (Å²) >= 11 is 3.16. The smallest absolute Gasteiger partial charge is 0.319 e. The number of aromatic nitrogens is 2. The molecule has 0 aliphatic rings. The van der Waals surface area contributed by atoms with Crippen molar-refractivity contribution in [3.8, 4) is 10.6 Å². The number of amides is 2. The van der Waals surface area contributed by atoms with Crippen LogP contribution in [0.25, 0.3) is 10.6 Å². The van der Waals surface area contributed by atoms with Gasteiger partial charge in [0.25, 0.3) is 0 Å². The molecule has 0 saturated heterocycles. The molecule has 0 unspecified atom stereocenters. The lowest BCUT2D eigenvalue weighted by Gasteiger charge is -2.07. The molecule has 5 nitrogen and oxygen atoms in total. The van der Waals surface area contributed by atoms with Crippen molar-refractivity contribution < 1.29 is 4.79 Å². The fourth-order valence-electron chi connectivity index (χ4n) is 1.89. The zero-order chi connectivity index (χ0) is 15.4. The summed E-state index contributed by atoms with van der Waals surface area (Å²) in [5.41, 5.74) is 1.79. The van der Waals surface area contributed by atoms with Gasteiger partial charge in [0.15, 0.2) is 0 Å². The minimum atomic E-state index is -0.229.